The molecule has 0 fully saturated rings. The average molecular weight is 328 g/mol. The van der Waals surface area contributed by atoms with Crippen LogP contribution in [0.5, 0.6) is 0 Å². The number of aromatic nitrogens is 3. The minimum atomic E-state index is -0.513. The third-order valence-electron chi connectivity index (χ3n) is 3.65. The highest BCUT2D eigenvalue weighted by Crippen LogP contribution is 2.23. The van der Waals surface area contributed by atoms with Crippen molar-refractivity contribution in [2.24, 2.45) is 11.3 Å². The zero-order valence-electron chi connectivity index (χ0n) is 14.8. The number of hydrogen-bond acceptors (Lipinski definition) is 4. The zero-order chi connectivity index (χ0) is 17.9. The van der Waals surface area contributed by atoms with Crippen molar-refractivity contribution in [3.8, 4) is 11.4 Å². The van der Waals surface area contributed by atoms with Crippen LogP contribution in [-0.4, -0.2) is 20.9 Å². The summed E-state index contributed by atoms with van der Waals surface area (Å²) in [6.45, 7) is 9.53. The number of hydrogen-bond donors (Lipinski definition) is 2. The Balaban J connectivity index is 2.43. The first-order valence-corrected chi connectivity index (χ1v) is 8.01. The van der Waals surface area contributed by atoms with E-state index in [0.29, 0.717) is 11.5 Å². The Labute approximate surface area is 141 Å². The fourth-order valence-electron chi connectivity index (χ4n) is 2.22. The van der Waals surface area contributed by atoms with Crippen molar-refractivity contribution in [1.82, 2.24) is 20.3 Å². The van der Waals surface area contributed by atoms with Crippen LogP contribution in [0.1, 0.15) is 46.4 Å². The number of amides is 1. The number of nitrogens with one attached hydrogen (secondary N) is 2. The fraction of sp³-hybridized carbons (Fsp3) is 0.444. The van der Waals surface area contributed by atoms with Crippen molar-refractivity contribution >= 4 is 5.91 Å². The Morgan fingerprint density at radius 3 is 2.54 bits per heavy atom. The summed E-state index contributed by atoms with van der Waals surface area (Å²) >= 11 is 0. The highest BCUT2D eigenvalue weighted by molar-refractivity contribution is 5.81. The van der Waals surface area contributed by atoms with E-state index in [2.05, 4.69) is 20.3 Å². The predicted molar refractivity (Wildman–Crippen MR) is 93.3 cm³/mol. The minimum absolute atomic E-state index is 0.0776. The molecular formula is C18H24N4O2. The second-order valence-electron chi connectivity index (χ2n) is 7.21. The quantitative estimate of drug-likeness (QED) is 0.903. The molecular weight excluding hydrogens is 304 g/mol. The summed E-state index contributed by atoms with van der Waals surface area (Å²) in [5.41, 5.74) is 0.501. The molecule has 0 spiro atoms. The average Bonchev–Trinajstić information content (AvgIpc) is 2.51. The van der Waals surface area contributed by atoms with Gasteiger partial charge in [-0.1, -0.05) is 34.6 Å². The highest BCUT2D eigenvalue weighted by atomic mass is 16.2. The SMILES string of the molecule is CC(C)C(NC(=O)C(C)(C)C)c1cc(=O)[nH]c(-c2cccnc2)n1. The van der Waals surface area contributed by atoms with E-state index in [1.54, 1.807) is 18.5 Å². The monoisotopic (exact) mass is 328 g/mol. The van der Waals surface area contributed by atoms with Crippen LogP contribution in [0.2, 0.25) is 0 Å². The van der Waals surface area contributed by atoms with Crippen LogP contribution in [0.15, 0.2) is 35.4 Å². The summed E-state index contributed by atoms with van der Waals surface area (Å²) in [6, 6.07) is 4.71. The largest absolute Gasteiger partial charge is 0.347 e. The summed E-state index contributed by atoms with van der Waals surface area (Å²) in [5.74, 6) is 0.458. The van der Waals surface area contributed by atoms with Gasteiger partial charge in [0.15, 0.2) is 0 Å². The molecule has 2 N–H and O–H groups in total. The summed E-state index contributed by atoms with van der Waals surface area (Å²) < 4.78 is 0. The Kier molecular flexibility index (Phi) is 5.17. The molecule has 2 aromatic rings. The lowest BCUT2D eigenvalue weighted by molar-refractivity contribution is -0.129. The summed E-state index contributed by atoms with van der Waals surface area (Å²) in [4.78, 5) is 35.7. The van der Waals surface area contributed by atoms with Gasteiger partial charge in [-0.3, -0.25) is 14.6 Å². The van der Waals surface area contributed by atoms with Crippen molar-refractivity contribution in [2.75, 3.05) is 0 Å². The van der Waals surface area contributed by atoms with Gasteiger partial charge in [0.2, 0.25) is 5.91 Å². The van der Waals surface area contributed by atoms with E-state index in [0.717, 1.165) is 5.56 Å². The van der Waals surface area contributed by atoms with Crippen LogP contribution in [0.3, 0.4) is 0 Å². The first-order valence-electron chi connectivity index (χ1n) is 8.01. The first kappa shape index (κ1) is 17.8. The first-order chi connectivity index (χ1) is 11.2. The van der Waals surface area contributed by atoms with Gasteiger partial charge >= 0.3 is 0 Å². The molecule has 2 aromatic heterocycles. The molecule has 24 heavy (non-hydrogen) atoms. The Hall–Kier alpha value is -2.50. The van der Waals surface area contributed by atoms with Crippen molar-refractivity contribution in [3.05, 3.63) is 46.6 Å². The molecule has 2 rings (SSSR count). The van der Waals surface area contributed by atoms with E-state index < -0.39 is 5.41 Å². The van der Waals surface area contributed by atoms with Crippen LogP contribution >= 0.6 is 0 Å². The summed E-state index contributed by atoms with van der Waals surface area (Å²) in [7, 11) is 0. The maximum atomic E-state index is 12.4. The van der Waals surface area contributed by atoms with Crippen molar-refractivity contribution in [3.63, 3.8) is 0 Å². The number of pyridine rings is 1. The molecule has 0 aromatic carbocycles. The molecule has 2 heterocycles. The molecule has 6 nitrogen and oxygen atoms in total. The van der Waals surface area contributed by atoms with E-state index in [4.69, 9.17) is 0 Å². The second kappa shape index (κ2) is 6.95. The molecule has 0 saturated carbocycles. The molecule has 0 aliphatic carbocycles. The van der Waals surface area contributed by atoms with E-state index >= 15 is 0 Å². The lowest BCUT2D eigenvalue weighted by atomic mass is 9.93. The van der Waals surface area contributed by atoms with Gasteiger partial charge < -0.3 is 10.3 Å². The standard InChI is InChI=1S/C18H24N4O2/c1-11(2)15(22-17(24)18(3,4)5)13-9-14(23)21-16(20-13)12-7-6-8-19-10-12/h6-11,15H,1-5H3,(H,22,24)(H,20,21,23). The number of carbonyl (C=O) groups is 1. The maximum absolute atomic E-state index is 12.4. The number of nitrogens with zero attached hydrogens (tertiary/aromatic N) is 2. The van der Waals surface area contributed by atoms with Crippen LogP contribution in [0.4, 0.5) is 0 Å². The Morgan fingerprint density at radius 1 is 1.29 bits per heavy atom. The molecule has 1 atom stereocenters. The predicted octanol–water partition coefficient (Wildman–Crippen LogP) is 2.69. The maximum Gasteiger partial charge on any atom is 0.251 e. The van der Waals surface area contributed by atoms with Crippen molar-refractivity contribution in [1.29, 1.82) is 0 Å². The second-order valence-corrected chi connectivity index (χ2v) is 7.21. The Morgan fingerprint density at radius 2 is 2.00 bits per heavy atom. The van der Waals surface area contributed by atoms with E-state index in [-0.39, 0.29) is 23.4 Å². The normalized spacial score (nSPS) is 12.9. The molecule has 0 radical (unpaired) electrons. The third kappa shape index (κ3) is 4.28. The molecule has 0 aliphatic rings. The van der Waals surface area contributed by atoms with E-state index in [9.17, 15) is 9.59 Å². The molecule has 1 amide bonds. The highest BCUT2D eigenvalue weighted by Gasteiger charge is 2.27. The minimum Gasteiger partial charge on any atom is -0.347 e. The van der Waals surface area contributed by atoms with Gasteiger partial charge in [-0.25, -0.2) is 4.98 Å². The van der Waals surface area contributed by atoms with Gasteiger partial charge in [-0.2, -0.15) is 0 Å². The van der Waals surface area contributed by atoms with Crippen LogP contribution in [0.25, 0.3) is 11.4 Å². The van der Waals surface area contributed by atoms with Crippen LogP contribution in [0, 0.1) is 11.3 Å². The van der Waals surface area contributed by atoms with Crippen molar-refractivity contribution in [2.45, 2.75) is 40.7 Å². The zero-order valence-corrected chi connectivity index (χ0v) is 14.8. The van der Waals surface area contributed by atoms with E-state index in [1.165, 1.54) is 6.07 Å². The topological polar surface area (TPSA) is 87.7 Å². The number of carbonyl (C=O) groups excluding carboxylic acids is 1. The fourth-order valence-corrected chi connectivity index (χ4v) is 2.22. The van der Waals surface area contributed by atoms with E-state index in [1.807, 2.05) is 40.7 Å². The van der Waals surface area contributed by atoms with Gasteiger partial charge in [0.05, 0.1) is 11.7 Å². The number of H-pyrrole nitrogens is 1. The van der Waals surface area contributed by atoms with Gasteiger partial charge in [-0.15, -0.1) is 0 Å². The molecule has 1 unspecified atom stereocenters. The Bertz CT molecular complexity index is 761. The molecule has 0 bridgehead atoms. The molecule has 6 heteroatoms. The summed E-state index contributed by atoms with van der Waals surface area (Å²) in [6.07, 6.45) is 3.30. The third-order valence-corrected chi connectivity index (χ3v) is 3.65. The summed E-state index contributed by atoms with van der Waals surface area (Å²) in [5, 5.41) is 3.01. The molecule has 128 valence electrons. The lowest BCUT2D eigenvalue weighted by Crippen LogP contribution is -2.40. The van der Waals surface area contributed by atoms with Gasteiger partial charge in [0.25, 0.3) is 5.56 Å². The number of rotatable bonds is 4. The number of aromatic amines is 1. The lowest BCUT2D eigenvalue weighted by Gasteiger charge is -2.26. The van der Waals surface area contributed by atoms with Crippen LogP contribution in [-0.2, 0) is 4.79 Å². The van der Waals surface area contributed by atoms with Crippen LogP contribution < -0.4 is 10.9 Å². The van der Waals surface area contributed by atoms with Gasteiger partial charge in [-0.05, 0) is 18.1 Å². The smallest absolute Gasteiger partial charge is 0.251 e. The van der Waals surface area contributed by atoms with Crippen molar-refractivity contribution < 1.29 is 4.79 Å². The molecule has 0 aliphatic heterocycles. The molecule has 0 saturated heterocycles. The van der Waals surface area contributed by atoms with Gasteiger partial charge in [0.1, 0.15) is 5.82 Å². The van der Waals surface area contributed by atoms with Gasteiger partial charge in [0, 0.05) is 29.4 Å².